The standard InChI is InChI=1S/C15H21N/c1-3-12-16-14(4-2)15(10-11-15)13-8-6-5-7-9-13/h4-9,14,16H,2-3,10-12H2,1H3. The van der Waals surface area contributed by atoms with E-state index in [1.165, 1.54) is 24.8 Å². The first kappa shape index (κ1) is 11.4. The lowest BCUT2D eigenvalue weighted by Gasteiger charge is -2.25. The quantitative estimate of drug-likeness (QED) is 0.718. The van der Waals surface area contributed by atoms with E-state index in [1.807, 2.05) is 0 Å². The van der Waals surface area contributed by atoms with Crippen LogP contribution in [0.25, 0.3) is 0 Å². The first-order valence-corrected chi connectivity index (χ1v) is 6.25. The zero-order valence-corrected chi connectivity index (χ0v) is 10.1. The van der Waals surface area contributed by atoms with Crippen molar-refractivity contribution in [3.63, 3.8) is 0 Å². The molecule has 0 saturated heterocycles. The van der Waals surface area contributed by atoms with Gasteiger partial charge in [0.2, 0.25) is 0 Å². The summed E-state index contributed by atoms with van der Waals surface area (Å²) in [6, 6.07) is 11.3. The lowest BCUT2D eigenvalue weighted by molar-refractivity contribution is 0.483. The van der Waals surface area contributed by atoms with Crippen molar-refractivity contribution in [3.05, 3.63) is 48.6 Å². The molecular weight excluding hydrogens is 194 g/mol. The summed E-state index contributed by atoms with van der Waals surface area (Å²) in [5.74, 6) is 0. The molecule has 0 bridgehead atoms. The highest BCUT2D eigenvalue weighted by Gasteiger charge is 2.49. The lowest BCUT2D eigenvalue weighted by atomic mass is 9.88. The second kappa shape index (κ2) is 4.84. The van der Waals surface area contributed by atoms with Gasteiger partial charge in [-0.15, -0.1) is 6.58 Å². The number of rotatable bonds is 6. The largest absolute Gasteiger partial charge is 0.310 e. The SMILES string of the molecule is C=CC(NCCC)C1(c2ccccc2)CC1. The second-order valence-electron chi connectivity index (χ2n) is 4.69. The van der Waals surface area contributed by atoms with Crippen molar-refractivity contribution in [3.8, 4) is 0 Å². The monoisotopic (exact) mass is 215 g/mol. The van der Waals surface area contributed by atoms with Gasteiger partial charge in [0, 0.05) is 11.5 Å². The number of hydrogen-bond acceptors (Lipinski definition) is 1. The van der Waals surface area contributed by atoms with Crippen molar-refractivity contribution in [1.29, 1.82) is 0 Å². The summed E-state index contributed by atoms with van der Waals surface area (Å²) in [6.45, 7) is 7.26. The van der Waals surface area contributed by atoms with Crippen LogP contribution in [-0.4, -0.2) is 12.6 Å². The maximum absolute atomic E-state index is 3.98. The van der Waals surface area contributed by atoms with Gasteiger partial charge in [0.25, 0.3) is 0 Å². The first-order valence-electron chi connectivity index (χ1n) is 6.25. The van der Waals surface area contributed by atoms with Crippen molar-refractivity contribution in [1.82, 2.24) is 5.32 Å². The minimum atomic E-state index is 0.332. The Balaban J connectivity index is 2.15. The summed E-state index contributed by atoms with van der Waals surface area (Å²) >= 11 is 0. The van der Waals surface area contributed by atoms with Crippen molar-refractivity contribution in [2.45, 2.75) is 37.6 Å². The summed E-state index contributed by atoms with van der Waals surface area (Å²) in [7, 11) is 0. The Bertz CT molecular complexity index is 338. The molecular formula is C15H21N. The average Bonchev–Trinajstić information content (AvgIpc) is 3.13. The van der Waals surface area contributed by atoms with E-state index >= 15 is 0 Å². The zero-order valence-electron chi connectivity index (χ0n) is 10.1. The Kier molecular flexibility index (Phi) is 3.45. The van der Waals surface area contributed by atoms with Gasteiger partial charge in [-0.25, -0.2) is 0 Å². The molecule has 16 heavy (non-hydrogen) atoms. The Hall–Kier alpha value is -1.08. The summed E-state index contributed by atoms with van der Waals surface area (Å²) in [4.78, 5) is 0. The maximum Gasteiger partial charge on any atom is 0.0344 e. The van der Waals surface area contributed by atoms with E-state index in [1.54, 1.807) is 0 Å². The van der Waals surface area contributed by atoms with Crippen LogP contribution in [0.15, 0.2) is 43.0 Å². The Morgan fingerprint density at radius 1 is 1.38 bits per heavy atom. The van der Waals surface area contributed by atoms with Crippen LogP contribution >= 0.6 is 0 Å². The molecule has 1 aliphatic rings. The van der Waals surface area contributed by atoms with Gasteiger partial charge in [-0.05, 0) is 31.4 Å². The molecule has 0 spiro atoms. The predicted octanol–water partition coefficient (Wildman–Crippen LogP) is 3.27. The fraction of sp³-hybridized carbons (Fsp3) is 0.467. The molecule has 1 N–H and O–H groups in total. The molecule has 0 aromatic heterocycles. The summed E-state index contributed by atoms with van der Waals surface area (Å²) in [5.41, 5.74) is 1.79. The van der Waals surface area contributed by atoms with Crippen LogP contribution in [0.2, 0.25) is 0 Å². The molecule has 2 rings (SSSR count). The van der Waals surface area contributed by atoms with E-state index in [0.29, 0.717) is 11.5 Å². The first-order chi connectivity index (χ1) is 7.83. The molecule has 1 unspecified atom stereocenters. The third-order valence-electron chi connectivity index (χ3n) is 3.58. The number of nitrogens with one attached hydrogen (secondary N) is 1. The maximum atomic E-state index is 3.98. The Morgan fingerprint density at radius 2 is 2.06 bits per heavy atom. The summed E-state index contributed by atoms with van der Waals surface area (Å²) in [6.07, 6.45) is 5.82. The summed E-state index contributed by atoms with van der Waals surface area (Å²) in [5, 5.41) is 3.60. The van der Waals surface area contributed by atoms with Gasteiger partial charge in [-0.3, -0.25) is 0 Å². The molecule has 1 atom stereocenters. The van der Waals surface area contributed by atoms with Gasteiger partial charge in [0.15, 0.2) is 0 Å². The minimum Gasteiger partial charge on any atom is -0.310 e. The van der Waals surface area contributed by atoms with Crippen LogP contribution in [0.1, 0.15) is 31.7 Å². The molecule has 0 radical (unpaired) electrons. The van der Waals surface area contributed by atoms with E-state index in [-0.39, 0.29) is 0 Å². The van der Waals surface area contributed by atoms with E-state index < -0.39 is 0 Å². The summed E-state index contributed by atoms with van der Waals surface area (Å²) < 4.78 is 0. The fourth-order valence-electron chi connectivity index (χ4n) is 2.49. The molecule has 1 aromatic carbocycles. The van der Waals surface area contributed by atoms with Crippen LogP contribution in [-0.2, 0) is 5.41 Å². The van der Waals surface area contributed by atoms with Crippen LogP contribution in [0.5, 0.6) is 0 Å². The molecule has 1 saturated carbocycles. The van der Waals surface area contributed by atoms with Crippen LogP contribution in [0, 0.1) is 0 Å². The number of benzene rings is 1. The van der Waals surface area contributed by atoms with E-state index in [0.717, 1.165) is 6.54 Å². The van der Waals surface area contributed by atoms with Crippen LogP contribution in [0.4, 0.5) is 0 Å². The average molecular weight is 215 g/mol. The number of hydrogen-bond donors (Lipinski definition) is 1. The van der Waals surface area contributed by atoms with E-state index in [2.05, 4.69) is 55.2 Å². The highest BCUT2D eigenvalue weighted by Crippen LogP contribution is 2.51. The molecule has 1 nitrogen and oxygen atoms in total. The van der Waals surface area contributed by atoms with Gasteiger partial charge >= 0.3 is 0 Å². The van der Waals surface area contributed by atoms with Crippen molar-refractivity contribution < 1.29 is 0 Å². The highest BCUT2D eigenvalue weighted by molar-refractivity contribution is 5.35. The van der Waals surface area contributed by atoms with E-state index in [4.69, 9.17) is 0 Å². The highest BCUT2D eigenvalue weighted by atomic mass is 14.9. The smallest absolute Gasteiger partial charge is 0.0344 e. The molecule has 0 amide bonds. The van der Waals surface area contributed by atoms with Crippen molar-refractivity contribution in [2.75, 3.05) is 6.54 Å². The van der Waals surface area contributed by atoms with Crippen LogP contribution < -0.4 is 5.32 Å². The third-order valence-corrected chi connectivity index (χ3v) is 3.58. The van der Waals surface area contributed by atoms with Gasteiger partial charge in [0.1, 0.15) is 0 Å². The lowest BCUT2D eigenvalue weighted by Crippen LogP contribution is -2.38. The normalized spacial score (nSPS) is 19.1. The van der Waals surface area contributed by atoms with Crippen LogP contribution in [0.3, 0.4) is 0 Å². The molecule has 1 fully saturated rings. The third kappa shape index (κ3) is 2.05. The van der Waals surface area contributed by atoms with Crippen molar-refractivity contribution in [2.24, 2.45) is 0 Å². The van der Waals surface area contributed by atoms with Gasteiger partial charge < -0.3 is 5.32 Å². The molecule has 1 heteroatoms. The molecule has 1 aromatic rings. The zero-order chi connectivity index (χ0) is 11.4. The topological polar surface area (TPSA) is 12.0 Å². The minimum absolute atomic E-state index is 0.332. The van der Waals surface area contributed by atoms with Gasteiger partial charge in [-0.1, -0.05) is 43.3 Å². The molecule has 1 aliphatic carbocycles. The molecule has 86 valence electrons. The van der Waals surface area contributed by atoms with E-state index in [9.17, 15) is 0 Å². The molecule has 0 heterocycles. The van der Waals surface area contributed by atoms with Gasteiger partial charge in [-0.2, -0.15) is 0 Å². The Labute approximate surface area is 98.6 Å². The predicted molar refractivity (Wildman–Crippen MR) is 69.6 cm³/mol. The Morgan fingerprint density at radius 3 is 2.56 bits per heavy atom. The van der Waals surface area contributed by atoms with Gasteiger partial charge in [0.05, 0.1) is 0 Å². The molecule has 0 aliphatic heterocycles. The second-order valence-corrected chi connectivity index (χ2v) is 4.69. The fourth-order valence-corrected chi connectivity index (χ4v) is 2.49. The van der Waals surface area contributed by atoms with Crippen molar-refractivity contribution >= 4 is 0 Å².